The van der Waals surface area contributed by atoms with Gasteiger partial charge in [-0.3, -0.25) is 9.59 Å². The van der Waals surface area contributed by atoms with Crippen molar-refractivity contribution in [2.45, 2.75) is 45.7 Å². The SMILES string of the molecule is CCC(C)N(C(=O)COC(=O)c1ccc(NC(C)=O)cc1)C1CCS(=O)(=O)C1. The Kier molecular flexibility index (Phi) is 7.17. The molecule has 1 heterocycles. The third-order valence-electron chi connectivity index (χ3n) is 4.72. The number of carbonyl (C=O) groups excluding carboxylic acids is 3. The van der Waals surface area contributed by atoms with E-state index >= 15 is 0 Å². The third kappa shape index (κ3) is 5.79. The number of nitrogens with zero attached hydrogens (tertiary/aromatic N) is 1. The molecule has 2 unspecified atom stereocenters. The van der Waals surface area contributed by atoms with Crippen LogP contribution in [0.15, 0.2) is 24.3 Å². The van der Waals surface area contributed by atoms with Crippen LogP contribution in [0.5, 0.6) is 0 Å². The van der Waals surface area contributed by atoms with Crippen molar-refractivity contribution in [2.75, 3.05) is 23.4 Å². The molecule has 0 saturated carbocycles. The molecule has 9 heteroatoms. The molecule has 1 saturated heterocycles. The number of anilines is 1. The molecular formula is C19H26N2O6S. The molecule has 2 amide bonds. The van der Waals surface area contributed by atoms with Crippen molar-refractivity contribution in [3.63, 3.8) is 0 Å². The number of amides is 2. The lowest BCUT2D eigenvalue weighted by molar-refractivity contribution is -0.138. The summed E-state index contributed by atoms with van der Waals surface area (Å²) in [6.45, 7) is 4.70. The van der Waals surface area contributed by atoms with E-state index in [0.29, 0.717) is 18.5 Å². The first-order valence-electron chi connectivity index (χ1n) is 9.19. The zero-order valence-corrected chi connectivity index (χ0v) is 17.1. The summed E-state index contributed by atoms with van der Waals surface area (Å²) in [6, 6.07) is 5.58. The average Bonchev–Trinajstić information content (AvgIpc) is 2.99. The van der Waals surface area contributed by atoms with Crippen LogP contribution in [-0.4, -0.2) is 61.3 Å². The molecule has 1 aliphatic heterocycles. The van der Waals surface area contributed by atoms with Crippen LogP contribution < -0.4 is 5.32 Å². The van der Waals surface area contributed by atoms with Crippen LogP contribution in [-0.2, 0) is 24.2 Å². The summed E-state index contributed by atoms with van der Waals surface area (Å²) in [5.74, 6) is -1.27. The number of hydrogen-bond donors (Lipinski definition) is 1. The smallest absolute Gasteiger partial charge is 0.338 e. The van der Waals surface area contributed by atoms with Gasteiger partial charge in [-0.05, 0) is 44.0 Å². The maximum Gasteiger partial charge on any atom is 0.338 e. The van der Waals surface area contributed by atoms with E-state index in [4.69, 9.17) is 4.74 Å². The first-order chi connectivity index (χ1) is 13.1. The maximum atomic E-state index is 12.7. The van der Waals surface area contributed by atoms with Crippen LogP contribution >= 0.6 is 0 Å². The number of carbonyl (C=O) groups is 3. The molecule has 0 aromatic heterocycles. The predicted octanol–water partition coefficient (Wildman–Crippen LogP) is 1.62. The average molecular weight is 410 g/mol. The van der Waals surface area contributed by atoms with Gasteiger partial charge in [0, 0.05) is 24.7 Å². The van der Waals surface area contributed by atoms with Gasteiger partial charge in [0.15, 0.2) is 16.4 Å². The highest BCUT2D eigenvalue weighted by Gasteiger charge is 2.36. The molecule has 0 spiro atoms. The van der Waals surface area contributed by atoms with Gasteiger partial charge in [-0.2, -0.15) is 0 Å². The Balaban J connectivity index is 1.99. The van der Waals surface area contributed by atoms with Gasteiger partial charge in [-0.15, -0.1) is 0 Å². The Bertz CT molecular complexity index is 834. The predicted molar refractivity (Wildman–Crippen MR) is 105 cm³/mol. The van der Waals surface area contributed by atoms with Crippen LogP contribution in [0, 0.1) is 0 Å². The quantitative estimate of drug-likeness (QED) is 0.684. The Hall–Kier alpha value is -2.42. The molecule has 2 atom stereocenters. The van der Waals surface area contributed by atoms with Gasteiger partial charge in [0.25, 0.3) is 5.91 Å². The minimum Gasteiger partial charge on any atom is -0.452 e. The van der Waals surface area contributed by atoms with Crippen LogP contribution in [0.25, 0.3) is 0 Å². The van der Waals surface area contributed by atoms with Crippen molar-refractivity contribution in [1.29, 1.82) is 0 Å². The van der Waals surface area contributed by atoms with Crippen molar-refractivity contribution >= 4 is 33.3 Å². The third-order valence-corrected chi connectivity index (χ3v) is 6.47. The lowest BCUT2D eigenvalue weighted by Crippen LogP contribution is -2.48. The summed E-state index contributed by atoms with van der Waals surface area (Å²) < 4.78 is 28.7. The second-order valence-corrected chi connectivity index (χ2v) is 9.18. The summed E-state index contributed by atoms with van der Waals surface area (Å²) in [5.41, 5.74) is 0.797. The molecule has 1 fully saturated rings. The van der Waals surface area contributed by atoms with E-state index in [0.717, 1.165) is 0 Å². The van der Waals surface area contributed by atoms with E-state index < -0.39 is 28.3 Å². The molecule has 1 aromatic rings. The number of benzene rings is 1. The van der Waals surface area contributed by atoms with E-state index in [2.05, 4.69) is 5.32 Å². The Morgan fingerprint density at radius 2 is 1.89 bits per heavy atom. The van der Waals surface area contributed by atoms with Crippen molar-refractivity contribution in [2.24, 2.45) is 0 Å². The topological polar surface area (TPSA) is 110 Å². The van der Waals surface area contributed by atoms with Crippen molar-refractivity contribution in [3.05, 3.63) is 29.8 Å². The van der Waals surface area contributed by atoms with Gasteiger partial charge in [-0.25, -0.2) is 13.2 Å². The lowest BCUT2D eigenvalue weighted by Gasteiger charge is -2.33. The van der Waals surface area contributed by atoms with Crippen LogP contribution in [0.4, 0.5) is 5.69 Å². The number of rotatable bonds is 7. The van der Waals surface area contributed by atoms with Crippen molar-refractivity contribution < 1.29 is 27.5 Å². The standard InChI is InChI=1S/C19H26N2O6S/c1-4-13(2)21(17-9-10-28(25,26)12-17)18(23)11-27-19(24)15-5-7-16(8-6-15)20-14(3)22/h5-8,13,17H,4,9-12H2,1-3H3,(H,20,22). The molecule has 1 aromatic carbocycles. The van der Waals surface area contributed by atoms with E-state index in [1.165, 1.54) is 24.0 Å². The maximum absolute atomic E-state index is 12.7. The number of nitrogens with one attached hydrogen (secondary N) is 1. The number of ether oxygens (including phenoxy) is 1. The largest absolute Gasteiger partial charge is 0.452 e. The first kappa shape index (κ1) is 21.9. The highest BCUT2D eigenvalue weighted by atomic mass is 32.2. The van der Waals surface area contributed by atoms with Crippen molar-refractivity contribution in [1.82, 2.24) is 4.90 Å². The normalized spacial score (nSPS) is 18.9. The zero-order valence-electron chi connectivity index (χ0n) is 16.3. The molecule has 154 valence electrons. The highest BCUT2D eigenvalue weighted by molar-refractivity contribution is 7.91. The number of hydrogen-bond acceptors (Lipinski definition) is 6. The summed E-state index contributed by atoms with van der Waals surface area (Å²) in [6.07, 6.45) is 1.07. The van der Waals surface area contributed by atoms with Gasteiger partial charge >= 0.3 is 5.97 Å². The molecule has 1 N–H and O–H groups in total. The van der Waals surface area contributed by atoms with E-state index in [9.17, 15) is 22.8 Å². The second kappa shape index (κ2) is 9.18. The molecule has 2 rings (SSSR count). The Morgan fingerprint density at radius 3 is 2.39 bits per heavy atom. The summed E-state index contributed by atoms with van der Waals surface area (Å²) in [5, 5.41) is 2.59. The van der Waals surface area contributed by atoms with Crippen LogP contribution in [0.1, 0.15) is 44.0 Å². The van der Waals surface area contributed by atoms with Crippen molar-refractivity contribution in [3.8, 4) is 0 Å². The Morgan fingerprint density at radius 1 is 1.25 bits per heavy atom. The van der Waals surface area contributed by atoms with Crippen LogP contribution in [0.3, 0.4) is 0 Å². The molecule has 1 aliphatic rings. The first-order valence-corrected chi connectivity index (χ1v) is 11.0. The summed E-state index contributed by atoms with van der Waals surface area (Å²) in [4.78, 5) is 37.4. The minimum absolute atomic E-state index is 0.0539. The fraction of sp³-hybridized carbons (Fsp3) is 0.526. The van der Waals surface area contributed by atoms with E-state index in [-0.39, 0.29) is 35.1 Å². The molecule has 28 heavy (non-hydrogen) atoms. The monoisotopic (exact) mass is 410 g/mol. The van der Waals surface area contributed by atoms with Gasteiger partial charge in [0.1, 0.15) is 0 Å². The second-order valence-electron chi connectivity index (χ2n) is 6.95. The van der Waals surface area contributed by atoms with Gasteiger partial charge in [0.05, 0.1) is 17.1 Å². The molecule has 0 aliphatic carbocycles. The Labute approximate surface area is 165 Å². The lowest BCUT2D eigenvalue weighted by atomic mass is 10.1. The molecular weight excluding hydrogens is 384 g/mol. The van der Waals surface area contributed by atoms with Gasteiger partial charge in [0.2, 0.25) is 5.91 Å². The number of esters is 1. The summed E-state index contributed by atoms with van der Waals surface area (Å²) in [7, 11) is -3.13. The fourth-order valence-electron chi connectivity index (χ4n) is 3.18. The summed E-state index contributed by atoms with van der Waals surface area (Å²) >= 11 is 0. The molecule has 0 radical (unpaired) electrons. The minimum atomic E-state index is -3.13. The zero-order chi connectivity index (χ0) is 20.9. The van der Waals surface area contributed by atoms with Gasteiger partial charge in [-0.1, -0.05) is 6.92 Å². The van der Waals surface area contributed by atoms with E-state index in [1.807, 2.05) is 13.8 Å². The van der Waals surface area contributed by atoms with E-state index in [1.54, 1.807) is 12.1 Å². The van der Waals surface area contributed by atoms with Crippen LogP contribution in [0.2, 0.25) is 0 Å². The fourth-order valence-corrected chi connectivity index (χ4v) is 4.89. The molecule has 0 bridgehead atoms. The van der Waals surface area contributed by atoms with Gasteiger partial charge < -0.3 is 15.0 Å². The highest BCUT2D eigenvalue weighted by Crippen LogP contribution is 2.21. The molecule has 8 nitrogen and oxygen atoms in total. The number of sulfone groups is 1.